The first-order valence-corrected chi connectivity index (χ1v) is 10.6. The second-order valence-electron chi connectivity index (χ2n) is 7.86. The molecule has 1 saturated heterocycles. The van der Waals surface area contributed by atoms with E-state index in [4.69, 9.17) is 0 Å². The van der Waals surface area contributed by atoms with Gasteiger partial charge in [-0.3, -0.25) is 14.4 Å². The molecule has 0 spiro atoms. The van der Waals surface area contributed by atoms with E-state index in [1.54, 1.807) is 17.9 Å². The maximum Gasteiger partial charge on any atom is 0.251 e. The molecule has 1 fully saturated rings. The molecule has 162 valence electrons. The van der Waals surface area contributed by atoms with Gasteiger partial charge in [0.1, 0.15) is 6.04 Å². The lowest BCUT2D eigenvalue weighted by Crippen LogP contribution is -2.52. The van der Waals surface area contributed by atoms with Crippen LogP contribution in [0.15, 0.2) is 60.7 Å². The third-order valence-electron chi connectivity index (χ3n) is 5.49. The average Bonchev–Trinajstić information content (AvgIpc) is 2.78. The molecule has 31 heavy (non-hydrogen) atoms. The van der Waals surface area contributed by atoms with E-state index >= 15 is 0 Å². The van der Waals surface area contributed by atoms with Gasteiger partial charge in [-0.05, 0) is 50.0 Å². The van der Waals surface area contributed by atoms with Crippen molar-refractivity contribution < 1.29 is 14.4 Å². The van der Waals surface area contributed by atoms with Crippen LogP contribution in [-0.2, 0) is 9.59 Å². The minimum atomic E-state index is -0.606. The van der Waals surface area contributed by atoms with Gasteiger partial charge in [-0.15, -0.1) is 0 Å². The number of benzene rings is 2. The standard InChI is InChI=1S/C25H29N3O3/c1-18-8-6-7-11-22(18)24(30)27-21-14-16-28(17-15-21)25(31)19(2)26-23(29)13-12-20-9-4-3-5-10-20/h3-13,19,21H,14-17H2,1-2H3,(H,26,29)(H,27,30)/b13-12+. The van der Waals surface area contributed by atoms with Gasteiger partial charge in [-0.1, -0.05) is 48.5 Å². The lowest BCUT2D eigenvalue weighted by molar-refractivity contribution is -0.136. The molecule has 6 nitrogen and oxygen atoms in total. The van der Waals surface area contributed by atoms with Gasteiger partial charge in [-0.2, -0.15) is 0 Å². The van der Waals surface area contributed by atoms with Crippen molar-refractivity contribution in [2.45, 2.75) is 38.8 Å². The zero-order valence-corrected chi connectivity index (χ0v) is 18.0. The Hall–Kier alpha value is -3.41. The van der Waals surface area contributed by atoms with Crippen LogP contribution in [0.1, 0.15) is 41.3 Å². The Morgan fingerprint density at radius 2 is 1.65 bits per heavy atom. The molecule has 3 rings (SSSR count). The normalized spacial score (nSPS) is 15.5. The molecule has 0 bridgehead atoms. The minimum absolute atomic E-state index is 0.0369. The Balaban J connectivity index is 1.45. The van der Waals surface area contributed by atoms with Crippen molar-refractivity contribution in [3.63, 3.8) is 0 Å². The second-order valence-corrected chi connectivity index (χ2v) is 7.86. The number of aryl methyl sites for hydroxylation is 1. The van der Waals surface area contributed by atoms with E-state index < -0.39 is 6.04 Å². The van der Waals surface area contributed by atoms with E-state index in [1.165, 1.54) is 6.08 Å². The summed E-state index contributed by atoms with van der Waals surface area (Å²) in [7, 11) is 0. The fraction of sp³-hybridized carbons (Fsp3) is 0.320. The quantitative estimate of drug-likeness (QED) is 0.707. The largest absolute Gasteiger partial charge is 0.349 e. The molecule has 2 N–H and O–H groups in total. The van der Waals surface area contributed by atoms with Gasteiger partial charge in [-0.25, -0.2) is 0 Å². The van der Waals surface area contributed by atoms with Gasteiger partial charge in [0.05, 0.1) is 0 Å². The van der Waals surface area contributed by atoms with Crippen molar-refractivity contribution in [2.75, 3.05) is 13.1 Å². The first-order valence-electron chi connectivity index (χ1n) is 10.6. The van der Waals surface area contributed by atoms with Crippen molar-refractivity contribution in [3.05, 3.63) is 77.4 Å². The lowest BCUT2D eigenvalue weighted by Gasteiger charge is -2.34. The van der Waals surface area contributed by atoms with Crippen LogP contribution in [-0.4, -0.2) is 47.8 Å². The summed E-state index contributed by atoms with van der Waals surface area (Å²) in [6.45, 7) is 4.72. The van der Waals surface area contributed by atoms with Crippen LogP contribution < -0.4 is 10.6 Å². The predicted molar refractivity (Wildman–Crippen MR) is 121 cm³/mol. The van der Waals surface area contributed by atoms with Crippen LogP contribution in [0.25, 0.3) is 6.08 Å². The maximum absolute atomic E-state index is 12.7. The molecule has 0 saturated carbocycles. The Bertz CT molecular complexity index is 947. The van der Waals surface area contributed by atoms with Crippen LogP contribution >= 0.6 is 0 Å². The molecular formula is C25H29N3O3. The number of rotatable bonds is 6. The number of piperidine rings is 1. The summed E-state index contributed by atoms with van der Waals surface area (Å²) in [6.07, 6.45) is 4.54. The fourth-order valence-electron chi connectivity index (χ4n) is 3.67. The van der Waals surface area contributed by atoms with Gasteiger partial charge in [0.2, 0.25) is 11.8 Å². The number of nitrogens with one attached hydrogen (secondary N) is 2. The van der Waals surface area contributed by atoms with Gasteiger partial charge in [0.25, 0.3) is 5.91 Å². The van der Waals surface area contributed by atoms with Crippen molar-refractivity contribution in [3.8, 4) is 0 Å². The predicted octanol–water partition coefficient (Wildman–Crippen LogP) is 2.93. The van der Waals surface area contributed by atoms with Gasteiger partial charge in [0, 0.05) is 30.8 Å². The number of likely N-dealkylation sites (tertiary alicyclic amines) is 1. The highest BCUT2D eigenvalue weighted by molar-refractivity contribution is 5.96. The number of hydrogen-bond acceptors (Lipinski definition) is 3. The molecule has 0 radical (unpaired) electrons. The number of amides is 3. The molecule has 1 atom stereocenters. The molecule has 0 aliphatic carbocycles. The molecule has 1 aliphatic rings. The van der Waals surface area contributed by atoms with Gasteiger partial charge >= 0.3 is 0 Å². The molecule has 2 aromatic rings. The first kappa shape index (κ1) is 22.3. The second kappa shape index (κ2) is 10.6. The van der Waals surface area contributed by atoms with Crippen LogP contribution in [0.3, 0.4) is 0 Å². The molecule has 0 aromatic heterocycles. The number of carbonyl (C=O) groups is 3. The maximum atomic E-state index is 12.7. The number of carbonyl (C=O) groups excluding carboxylic acids is 3. The first-order chi connectivity index (χ1) is 14.9. The van der Waals surface area contributed by atoms with E-state index in [0.717, 1.165) is 11.1 Å². The van der Waals surface area contributed by atoms with E-state index in [1.807, 2.05) is 61.5 Å². The third kappa shape index (κ3) is 6.28. The molecule has 1 unspecified atom stereocenters. The number of nitrogens with zero attached hydrogens (tertiary/aromatic N) is 1. The molecule has 1 aliphatic heterocycles. The van der Waals surface area contributed by atoms with Crippen molar-refractivity contribution >= 4 is 23.8 Å². The van der Waals surface area contributed by atoms with Crippen LogP contribution in [0.5, 0.6) is 0 Å². The summed E-state index contributed by atoms with van der Waals surface area (Å²) in [5.41, 5.74) is 2.55. The topological polar surface area (TPSA) is 78.5 Å². The van der Waals surface area contributed by atoms with Gasteiger partial charge < -0.3 is 15.5 Å². The molecule has 6 heteroatoms. The molecule has 2 aromatic carbocycles. The molecular weight excluding hydrogens is 390 g/mol. The summed E-state index contributed by atoms with van der Waals surface area (Å²) >= 11 is 0. The monoisotopic (exact) mass is 419 g/mol. The summed E-state index contributed by atoms with van der Waals surface area (Å²) in [5.74, 6) is -0.482. The molecule has 3 amide bonds. The van der Waals surface area contributed by atoms with Crippen LogP contribution in [0.2, 0.25) is 0 Å². The van der Waals surface area contributed by atoms with E-state index in [0.29, 0.717) is 31.5 Å². The Kier molecular flexibility index (Phi) is 7.60. The minimum Gasteiger partial charge on any atom is -0.349 e. The zero-order chi connectivity index (χ0) is 22.2. The highest BCUT2D eigenvalue weighted by Gasteiger charge is 2.27. The highest BCUT2D eigenvalue weighted by atomic mass is 16.2. The van der Waals surface area contributed by atoms with E-state index in [9.17, 15) is 14.4 Å². The number of hydrogen-bond donors (Lipinski definition) is 2. The summed E-state index contributed by atoms with van der Waals surface area (Å²) < 4.78 is 0. The zero-order valence-electron chi connectivity index (χ0n) is 18.0. The van der Waals surface area contributed by atoms with Crippen molar-refractivity contribution in [2.24, 2.45) is 0 Å². The summed E-state index contributed by atoms with van der Waals surface area (Å²) in [5, 5.41) is 5.81. The summed E-state index contributed by atoms with van der Waals surface area (Å²) in [6, 6.07) is 16.5. The fourth-order valence-corrected chi connectivity index (χ4v) is 3.67. The van der Waals surface area contributed by atoms with Gasteiger partial charge in [0.15, 0.2) is 0 Å². The Morgan fingerprint density at radius 1 is 1.00 bits per heavy atom. The lowest BCUT2D eigenvalue weighted by atomic mass is 10.0. The van der Waals surface area contributed by atoms with Crippen LogP contribution in [0.4, 0.5) is 0 Å². The average molecular weight is 420 g/mol. The molecule has 1 heterocycles. The Morgan fingerprint density at radius 3 is 2.32 bits per heavy atom. The van der Waals surface area contributed by atoms with E-state index in [2.05, 4.69) is 10.6 Å². The van der Waals surface area contributed by atoms with E-state index in [-0.39, 0.29) is 23.8 Å². The third-order valence-corrected chi connectivity index (χ3v) is 5.49. The smallest absolute Gasteiger partial charge is 0.251 e. The highest BCUT2D eigenvalue weighted by Crippen LogP contribution is 2.14. The Labute approximate surface area is 183 Å². The van der Waals surface area contributed by atoms with Crippen molar-refractivity contribution in [1.29, 1.82) is 0 Å². The SMILES string of the molecule is Cc1ccccc1C(=O)NC1CCN(C(=O)C(C)NC(=O)/C=C/c2ccccc2)CC1. The van der Waals surface area contributed by atoms with Crippen LogP contribution in [0, 0.1) is 6.92 Å². The summed E-state index contributed by atoms with van der Waals surface area (Å²) in [4.78, 5) is 39.1. The van der Waals surface area contributed by atoms with Crippen molar-refractivity contribution in [1.82, 2.24) is 15.5 Å².